The van der Waals surface area contributed by atoms with Gasteiger partial charge in [0.2, 0.25) is 0 Å². The van der Waals surface area contributed by atoms with Crippen LogP contribution in [0.25, 0.3) is 10.6 Å². The maximum atomic E-state index is 4.64. The lowest BCUT2D eigenvalue weighted by molar-refractivity contribution is 1.02. The van der Waals surface area contributed by atoms with Gasteiger partial charge >= 0.3 is 0 Å². The molecule has 0 amide bonds. The Kier molecular flexibility index (Phi) is 2.25. The molecule has 1 aliphatic carbocycles. The van der Waals surface area contributed by atoms with Crippen molar-refractivity contribution < 1.29 is 0 Å². The van der Waals surface area contributed by atoms with E-state index in [4.69, 9.17) is 0 Å². The number of hydrogen-bond acceptors (Lipinski definition) is 4. The fourth-order valence-corrected chi connectivity index (χ4v) is 2.93. The molecule has 0 aliphatic heterocycles. The minimum atomic E-state index is 0.666. The summed E-state index contributed by atoms with van der Waals surface area (Å²) in [6.45, 7) is 0. The number of pyridine rings is 1. The van der Waals surface area contributed by atoms with Crippen molar-refractivity contribution in [3.05, 3.63) is 30.2 Å². The van der Waals surface area contributed by atoms with Crippen LogP contribution in [0.5, 0.6) is 0 Å². The summed E-state index contributed by atoms with van der Waals surface area (Å²) in [4.78, 5) is 8.75. The number of thiol groups is 1. The highest BCUT2D eigenvalue weighted by atomic mass is 32.2. The molecule has 0 radical (unpaired) electrons. The number of rotatable bonds is 2. The Balaban J connectivity index is 2.02. The van der Waals surface area contributed by atoms with Crippen LogP contribution in [-0.4, -0.2) is 9.97 Å². The third kappa shape index (κ3) is 1.79. The SMILES string of the molecule is Sc1sc(-c2cccnc2)nc1C1CC1. The molecule has 2 nitrogen and oxygen atoms in total. The number of hydrogen-bond donors (Lipinski definition) is 1. The van der Waals surface area contributed by atoms with Gasteiger partial charge in [0, 0.05) is 23.9 Å². The maximum absolute atomic E-state index is 4.64. The lowest BCUT2D eigenvalue weighted by Gasteiger charge is -1.92. The van der Waals surface area contributed by atoms with Gasteiger partial charge in [-0.15, -0.1) is 24.0 Å². The fraction of sp³-hybridized carbons (Fsp3) is 0.273. The molecule has 0 bridgehead atoms. The summed E-state index contributed by atoms with van der Waals surface area (Å²) in [6.07, 6.45) is 6.16. The molecule has 0 N–H and O–H groups in total. The third-order valence-electron chi connectivity index (χ3n) is 2.51. The molecular formula is C11H10N2S2. The average Bonchev–Trinajstić information content (AvgIpc) is 3.04. The molecule has 76 valence electrons. The number of thiazole rings is 1. The lowest BCUT2D eigenvalue weighted by Crippen LogP contribution is -1.81. The zero-order chi connectivity index (χ0) is 10.3. The molecule has 1 aliphatic rings. The second kappa shape index (κ2) is 3.61. The normalized spacial score (nSPS) is 15.5. The Morgan fingerprint density at radius 3 is 2.93 bits per heavy atom. The van der Waals surface area contributed by atoms with Gasteiger partial charge in [-0.2, -0.15) is 0 Å². The van der Waals surface area contributed by atoms with Crippen molar-refractivity contribution in [2.75, 3.05) is 0 Å². The molecule has 0 aromatic carbocycles. The predicted octanol–water partition coefficient (Wildman–Crippen LogP) is 3.37. The first-order chi connectivity index (χ1) is 7.34. The van der Waals surface area contributed by atoms with Crippen molar-refractivity contribution in [2.24, 2.45) is 0 Å². The molecule has 0 unspecified atom stereocenters. The average molecular weight is 234 g/mol. The first-order valence-corrected chi connectivity index (χ1v) is 6.21. The van der Waals surface area contributed by atoms with Crippen molar-refractivity contribution in [3.63, 3.8) is 0 Å². The van der Waals surface area contributed by atoms with Crippen LogP contribution in [0.2, 0.25) is 0 Å². The summed E-state index contributed by atoms with van der Waals surface area (Å²) in [5.41, 5.74) is 2.27. The standard InChI is InChI=1S/C11H10N2S2/c14-11-9(7-3-4-7)13-10(15-11)8-2-1-5-12-6-8/h1-2,5-7,14H,3-4H2. The van der Waals surface area contributed by atoms with E-state index in [-0.39, 0.29) is 0 Å². The van der Waals surface area contributed by atoms with Gasteiger partial charge in [-0.25, -0.2) is 4.98 Å². The molecule has 1 fully saturated rings. The first kappa shape index (κ1) is 9.36. The van der Waals surface area contributed by atoms with Crippen LogP contribution in [-0.2, 0) is 0 Å². The van der Waals surface area contributed by atoms with Crippen molar-refractivity contribution in [2.45, 2.75) is 23.0 Å². The van der Waals surface area contributed by atoms with Crippen molar-refractivity contribution in [1.29, 1.82) is 0 Å². The topological polar surface area (TPSA) is 25.8 Å². The number of nitrogens with zero attached hydrogens (tertiary/aromatic N) is 2. The maximum Gasteiger partial charge on any atom is 0.126 e. The van der Waals surface area contributed by atoms with Gasteiger partial charge in [0.05, 0.1) is 9.90 Å². The third-order valence-corrected chi connectivity index (χ3v) is 3.93. The number of aromatic nitrogens is 2. The summed E-state index contributed by atoms with van der Waals surface area (Å²) in [5.74, 6) is 0.666. The minimum Gasteiger partial charge on any atom is -0.264 e. The van der Waals surface area contributed by atoms with Gasteiger partial charge in [-0.1, -0.05) is 0 Å². The van der Waals surface area contributed by atoms with Crippen molar-refractivity contribution in [3.8, 4) is 10.6 Å². The van der Waals surface area contributed by atoms with Crippen LogP contribution >= 0.6 is 24.0 Å². The molecule has 2 aromatic rings. The monoisotopic (exact) mass is 234 g/mol. The first-order valence-electron chi connectivity index (χ1n) is 4.94. The van der Waals surface area contributed by atoms with E-state index < -0.39 is 0 Å². The molecular weight excluding hydrogens is 224 g/mol. The largest absolute Gasteiger partial charge is 0.264 e. The summed E-state index contributed by atoms with van der Waals surface area (Å²) in [5, 5.41) is 1.04. The second-order valence-corrected chi connectivity index (χ2v) is 5.47. The molecule has 0 saturated heterocycles. The summed E-state index contributed by atoms with van der Waals surface area (Å²) < 4.78 is 1.07. The van der Waals surface area contributed by atoms with Crippen LogP contribution in [0.3, 0.4) is 0 Å². The predicted molar refractivity (Wildman–Crippen MR) is 64.6 cm³/mol. The van der Waals surface area contributed by atoms with Gasteiger partial charge in [0.25, 0.3) is 0 Å². The Morgan fingerprint density at radius 2 is 2.27 bits per heavy atom. The van der Waals surface area contributed by atoms with E-state index in [1.165, 1.54) is 18.5 Å². The highest BCUT2D eigenvalue weighted by Crippen LogP contribution is 2.45. The van der Waals surface area contributed by atoms with E-state index in [1.54, 1.807) is 17.5 Å². The van der Waals surface area contributed by atoms with Crippen LogP contribution < -0.4 is 0 Å². The Hall–Kier alpha value is -0.870. The second-order valence-electron chi connectivity index (χ2n) is 3.73. The molecule has 3 rings (SSSR count). The fourth-order valence-electron chi connectivity index (χ4n) is 1.56. The molecule has 1 saturated carbocycles. The van der Waals surface area contributed by atoms with Crippen LogP contribution in [0.4, 0.5) is 0 Å². The van der Waals surface area contributed by atoms with Gasteiger partial charge < -0.3 is 0 Å². The quantitative estimate of drug-likeness (QED) is 0.806. The van der Waals surface area contributed by atoms with E-state index >= 15 is 0 Å². The van der Waals surface area contributed by atoms with E-state index in [0.717, 1.165) is 14.8 Å². The highest BCUT2D eigenvalue weighted by molar-refractivity contribution is 7.83. The Labute approximate surface area is 97.8 Å². The lowest BCUT2D eigenvalue weighted by atomic mass is 10.3. The summed E-state index contributed by atoms with van der Waals surface area (Å²) in [7, 11) is 0. The van der Waals surface area contributed by atoms with Crippen molar-refractivity contribution in [1.82, 2.24) is 9.97 Å². The van der Waals surface area contributed by atoms with Gasteiger partial charge in [-0.3, -0.25) is 4.98 Å². The zero-order valence-electron chi connectivity index (χ0n) is 8.05. The summed E-state index contributed by atoms with van der Waals surface area (Å²) >= 11 is 6.13. The van der Waals surface area contributed by atoms with E-state index in [0.29, 0.717) is 5.92 Å². The van der Waals surface area contributed by atoms with Crippen LogP contribution in [0, 0.1) is 0 Å². The smallest absolute Gasteiger partial charge is 0.126 e. The molecule has 0 spiro atoms. The van der Waals surface area contributed by atoms with E-state index in [1.807, 2.05) is 18.3 Å². The van der Waals surface area contributed by atoms with E-state index in [2.05, 4.69) is 22.6 Å². The molecule has 4 heteroatoms. The van der Waals surface area contributed by atoms with E-state index in [9.17, 15) is 0 Å². The van der Waals surface area contributed by atoms with Crippen LogP contribution in [0.15, 0.2) is 28.7 Å². The van der Waals surface area contributed by atoms with Gasteiger partial charge in [0.15, 0.2) is 0 Å². The van der Waals surface area contributed by atoms with Crippen molar-refractivity contribution >= 4 is 24.0 Å². The molecule has 15 heavy (non-hydrogen) atoms. The van der Waals surface area contributed by atoms with Crippen LogP contribution in [0.1, 0.15) is 24.5 Å². The molecule has 0 atom stereocenters. The van der Waals surface area contributed by atoms with Gasteiger partial charge in [0.1, 0.15) is 5.01 Å². The van der Waals surface area contributed by atoms with Gasteiger partial charge in [-0.05, 0) is 25.0 Å². The molecule has 2 aromatic heterocycles. The zero-order valence-corrected chi connectivity index (χ0v) is 9.76. The summed E-state index contributed by atoms with van der Waals surface area (Å²) in [6, 6.07) is 3.97. The highest BCUT2D eigenvalue weighted by Gasteiger charge is 2.28. The molecule has 2 heterocycles. The Bertz CT molecular complexity index is 475. The Morgan fingerprint density at radius 1 is 1.40 bits per heavy atom. The minimum absolute atomic E-state index is 0.666.